The van der Waals surface area contributed by atoms with Crippen molar-refractivity contribution < 1.29 is 9.15 Å². The molecule has 4 heterocycles. The summed E-state index contributed by atoms with van der Waals surface area (Å²) in [5.74, 6) is 2.62. The molecule has 0 bridgehead atoms. The first kappa shape index (κ1) is 15.1. The SMILES string of the molecule is COc1cccc(Cc2cnn3c(-c4ccc(C)o4)nc(N)nc23)n1. The highest BCUT2D eigenvalue weighted by atomic mass is 16.5. The maximum Gasteiger partial charge on any atom is 0.224 e. The summed E-state index contributed by atoms with van der Waals surface area (Å²) < 4.78 is 12.5. The number of hydrogen-bond acceptors (Lipinski definition) is 7. The predicted molar refractivity (Wildman–Crippen MR) is 91.2 cm³/mol. The minimum absolute atomic E-state index is 0.164. The molecule has 4 rings (SSSR count). The van der Waals surface area contributed by atoms with E-state index in [1.165, 1.54) is 0 Å². The topological polar surface area (TPSA) is 104 Å². The lowest BCUT2D eigenvalue weighted by atomic mass is 10.2. The molecule has 0 fully saturated rings. The van der Waals surface area contributed by atoms with Crippen LogP contribution in [0.5, 0.6) is 5.88 Å². The van der Waals surface area contributed by atoms with Gasteiger partial charge in [0.1, 0.15) is 5.76 Å². The molecule has 4 aromatic heterocycles. The van der Waals surface area contributed by atoms with E-state index < -0.39 is 0 Å². The molecule has 0 aliphatic heterocycles. The van der Waals surface area contributed by atoms with Crippen molar-refractivity contribution in [3.63, 3.8) is 0 Å². The third kappa shape index (κ3) is 2.78. The van der Waals surface area contributed by atoms with Crippen LogP contribution in [0.4, 0.5) is 5.95 Å². The first-order valence-electron chi connectivity index (χ1n) is 7.71. The molecule has 0 aliphatic rings. The van der Waals surface area contributed by atoms with Gasteiger partial charge in [-0.15, -0.1) is 0 Å². The lowest BCUT2D eigenvalue weighted by Crippen LogP contribution is -2.05. The average molecular weight is 336 g/mol. The smallest absolute Gasteiger partial charge is 0.224 e. The van der Waals surface area contributed by atoms with Gasteiger partial charge in [0.25, 0.3) is 0 Å². The second-order valence-corrected chi connectivity index (χ2v) is 5.57. The highest BCUT2D eigenvalue weighted by Crippen LogP contribution is 2.23. The Bertz CT molecular complexity index is 1050. The number of ether oxygens (including phenoxy) is 1. The van der Waals surface area contributed by atoms with Crippen LogP contribution in [0.2, 0.25) is 0 Å². The van der Waals surface area contributed by atoms with E-state index in [1.54, 1.807) is 23.9 Å². The fourth-order valence-electron chi connectivity index (χ4n) is 2.64. The van der Waals surface area contributed by atoms with Crippen LogP contribution in [-0.4, -0.2) is 31.7 Å². The maximum atomic E-state index is 5.90. The fourth-order valence-corrected chi connectivity index (χ4v) is 2.64. The molecule has 8 heteroatoms. The molecule has 8 nitrogen and oxygen atoms in total. The number of nitrogens with zero attached hydrogens (tertiary/aromatic N) is 5. The Morgan fingerprint density at radius 1 is 1.16 bits per heavy atom. The normalized spacial score (nSPS) is 11.1. The first-order valence-corrected chi connectivity index (χ1v) is 7.71. The van der Waals surface area contributed by atoms with E-state index in [0.29, 0.717) is 29.5 Å². The van der Waals surface area contributed by atoms with Crippen molar-refractivity contribution in [3.8, 4) is 17.5 Å². The summed E-state index contributed by atoms with van der Waals surface area (Å²) in [6.45, 7) is 1.87. The van der Waals surface area contributed by atoms with E-state index in [-0.39, 0.29) is 5.95 Å². The van der Waals surface area contributed by atoms with E-state index in [2.05, 4.69) is 20.1 Å². The molecule has 0 aromatic carbocycles. The van der Waals surface area contributed by atoms with Crippen LogP contribution in [0.15, 0.2) is 40.9 Å². The quantitative estimate of drug-likeness (QED) is 0.609. The summed E-state index contributed by atoms with van der Waals surface area (Å²) in [5.41, 5.74) is 8.26. The Hall–Kier alpha value is -3.42. The summed E-state index contributed by atoms with van der Waals surface area (Å²) in [6, 6.07) is 9.32. The van der Waals surface area contributed by atoms with Crippen molar-refractivity contribution in [1.29, 1.82) is 0 Å². The minimum Gasteiger partial charge on any atom is -0.481 e. The van der Waals surface area contributed by atoms with Crippen LogP contribution in [0.3, 0.4) is 0 Å². The van der Waals surface area contributed by atoms with Gasteiger partial charge in [0.2, 0.25) is 17.7 Å². The summed E-state index contributed by atoms with van der Waals surface area (Å²) in [6.07, 6.45) is 2.29. The Morgan fingerprint density at radius 2 is 2.04 bits per heavy atom. The van der Waals surface area contributed by atoms with Crippen molar-refractivity contribution in [3.05, 3.63) is 53.5 Å². The van der Waals surface area contributed by atoms with Gasteiger partial charge >= 0.3 is 0 Å². The second-order valence-electron chi connectivity index (χ2n) is 5.57. The molecule has 0 spiro atoms. The second kappa shape index (κ2) is 5.90. The van der Waals surface area contributed by atoms with Crippen LogP contribution < -0.4 is 10.5 Å². The monoisotopic (exact) mass is 336 g/mol. The lowest BCUT2D eigenvalue weighted by Gasteiger charge is -2.04. The van der Waals surface area contributed by atoms with Gasteiger partial charge in [0, 0.05) is 23.7 Å². The Kier molecular flexibility index (Phi) is 3.57. The molecule has 0 unspecified atom stereocenters. The van der Waals surface area contributed by atoms with Gasteiger partial charge in [0.05, 0.1) is 13.3 Å². The molecule has 4 aromatic rings. The molecule has 2 N–H and O–H groups in total. The van der Waals surface area contributed by atoms with Gasteiger partial charge < -0.3 is 14.9 Å². The van der Waals surface area contributed by atoms with Crippen LogP contribution in [0, 0.1) is 6.92 Å². The van der Waals surface area contributed by atoms with Crippen molar-refractivity contribution in [1.82, 2.24) is 24.6 Å². The van der Waals surface area contributed by atoms with Crippen molar-refractivity contribution in [2.24, 2.45) is 0 Å². The number of hydrogen-bond donors (Lipinski definition) is 1. The number of nitrogen functional groups attached to an aromatic ring is 1. The number of furan rings is 1. The summed E-state index contributed by atoms with van der Waals surface area (Å²) in [7, 11) is 1.59. The Balaban J connectivity index is 1.80. The number of rotatable bonds is 4. The molecular formula is C17H16N6O2. The fraction of sp³-hybridized carbons (Fsp3) is 0.176. The van der Waals surface area contributed by atoms with Crippen LogP contribution >= 0.6 is 0 Å². The summed E-state index contributed by atoms with van der Waals surface area (Å²) in [5, 5.41) is 4.40. The molecule has 0 amide bonds. The lowest BCUT2D eigenvalue weighted by molar-refractivity contribution is 0.396. The number of nitrogens with two attached hydrogens (primary N) is 1. The summed E-state index contributed by atoms with van der Waals surface area (Å²) in [4.78, 5) is 13.0. The highest BCUT2D eigenvalue weighted by Gasteiger charge is 2.16. The van der Waals surface area contributed by atoms with E-state index in [1.807, 2.05) is 31.2 Å². The van der Waals surface area contributed by atoms with Gasteiger partial charge in [-0.2, -0.15) is 19.6 Å². The predicted octanol–water partition coefficient (Wildman–Crippen LogP) is 2.27. The maximum absolute atomic E-state index is 5.90. The molecule has 0 aliphatic carbocycles. The first-order chi connectivity index (χ1) is 12.1. The van der Waals surface area contributed by atoms with Gasteiger partial charge in [-0.1, -0.05) is 6.07 Å². The molecule has 0 atom stereocenters. The van der Waals surface area contributed by atoms with Crippen LogP contribution in [0.25, 0.3) is 17.2 Å². The third-order valence-electron chi connectivity index (χ3n) is 3.78. The molecule has 0 saturated heterocycles. The van der Waals surface area contributed by atoms with Crippen molar-refractivity contribution in [2.45, 2.75) is 13.3 Å². The van der Waals surface area contributed by atoms with Gasteiger partial charge in [0.15, 0.2) is 11.4 Å². The molecule has 0 saturated carbocycles. The minimum atomic E-state index is 0.164. The number of aromatic nitrogens is 5. The van der Waals surface area contributed by atoms with Gasteiger partial charge in [-0.3, -0.25) is 0 Å². The largest absolute Gasteiger partial charge is 0.481 e. The number of fused-ring (bicyclic) bond motifs is 1. The molecular weight excluding hydrogens is 320 g/mol. The molecule has 126 valence electrons. The number of aryl methyl sites for hydroxylation is 1. The zero-order valence-corrected chi connectivity index (χ0v) is 13.8. The third-order valence-corrected chi connectivity index (χ3v) is 3.78. The van der Waals surface area contributed by atoms with E-state index in [9.17, 15) is 0 Å². The van der Waals surface area contributed by atoms with E-state index >= 15 is 0 Å². The number of anilines is 1. The van der Waals surface area contributed by atoms with Crippen LogP contribution in [-0.2, 0) is 6.42 Å². The highest BCUT2D eigenvalue weighted by molar-refractivity contribution is 5.59. The standard InChI is InChI=1S/C17H16N6O2/c1-10-6-7-13(25-10)16-22-17(18)21-15-11(9-19-23(15)16)8-12-4-3-5-14(20-12)24-2/h3-7,9H,8H2,1-2H3,(H2,18,21). The van der Waals surface area contributed by atoms with Crippen molar-refractivity contribution >= 4 is 11.6 Å². The average Bonchev–Trinajstić information content (AvgIpc) is 3.21. The van der Waals surface area contributed by atoms with Gasteiger partial charge in [-0.25, -0.2) is 4.98 Å². The van der Waals surface area contributed by atoms with E-state index in [4.69, 9.17) is 14.9 Å². The van der Waals surface area contributed by atoms with Crippen molar-refractivity contribution in [2.75, 3.05) is 12.8 Å². The number of pyridine rings is 1. The van der Waals surface area contributed by atoms with Crippen LogP contribution in [0.1, 0.15) is 17.0 Å². The van der Waals surface area contributed by atoms with Gasteiger partial charge in [-0.05, 0) is 25.1 Å². The number of methoxy groups -OCH3 is 1. The molecule has 0 radical (unpaired) electrons. The molecule has 25 heavy (non-hydrogen) atoms. The zero-order chi connectivity index (χ0) is 17.4. The summed E-state index contributed by atoms with van der Waals surface area (Å²) >= 11 is 0. The Labute approximate surface area is 143 Å². The Morgan fingerprint density at radius 3 is 2.80 bits per heavy atom. The zero-order valence-electron chi connectivity index (χ0n) is 13.8. The van der Waals surface area contributed by atoms with E-state index in [0.717, 1.165) is 17.0 Å².